The number of piperidine rings is 1. The minimum atomic E-state index is -0.0295. The molecule has 1 N–H and O–H groups in total. The molecule has 3 rings (SSSR count). The number of nitrogens with one attached hydrogen (secondary N) is 1. The Bertz CT molecular complexity index is 746. The van der Waals surface area contributed by atoms with Crippen LogP contribution in [0.2, 0.25) is 0 Å². The Hall–Kier alpha value is -2.67. The van der Waals surface area contributed by atoms with E-state index in [4.69, 9.17) is 9.47 Å². The first-order valence-electron chi connectivity index (χ1n) is 9.22. The maximum absolute atomic E-state index is 12.7. The van der Waals surface area contributed by atoms with E-state index in [1.54, 1.807) is 25.6 Å². The molecule has 0 unspecified atom stereocenters. The lowest BCUT2D eigenvalue weighted by atomic mass is 9.96. The number of aryl methyl sites for hydroxylation is 1. The number of ether oxygens (including phenoxy) is 2. The van der Waals surface area contributed by atoms with Gasteiger partial charge in [-0.2, -0.15) is 0 Å². The molecule has 0 saturated carbocycles. The van der Waals surface area contributed by atoms with Crippen molar-refractivity contribution in [2.24, 2.45) is 5.92 Å². The van der Waals surface area contributed by atoms with Crippen LogP contribution < -0.4 is 15.0 Å². The first-order chi connectivity index (χ1) is 13.2. The standard InChI is InChI=1S/C20H26N4O3/c1-15-4-5-17(18(14-15)27-13-12-26-2)23-19(25)16-6-10-24(11-7-16)20-21-8-3-9-22-20/h3-5,8-9,14,16H,6-7,10-13H2,1-2H3,(H,23,25). The number of carbonyl (C=O) groups is 1. The summed E-state index contributed by atoms with van der Waals surface area (Å²) in [5.74, 6) is 1.40. The predicted molar refractivity (Wildman–Crippen MR) is 104 cm³/mol. The van der Waals surface area contributed by atoms with Gasteiger partial charge < -0.3 is 19.7 Å². The molecule has 1 aromatic carbocycles. The number of hydrogen-bond donors (Lipinski definition) is 1. The van der Waals surface area contributed by atoms with Gasteiger partial charge in [0, 0.05) is 38.5 Å². The van der Waals surface area contributed by atoms with Gasteiger partial charge in [-0.25, -0.2) is 9.97 Å². The molecular weight excluding hydrogens is 344 g/mol. The van der Waals surface area contributed by atoms with Gasteiger partial charge in [0.15, 0.2) is 0 Å². The Morgan fingerprint density at radius 1 is 1.22 bits per heavy atom. The largest absolute Gasteiger partial charge is 0.489 e. The van der Waals surface area contributed by atoms with Gasteiger partial charge in [-0.15, -0.1) is 0 Å². The fourth-order valence-corrected chi connectivity index (χ4v) is 3.12. The van der Waals surface area contributed by atoms with Crippen molar-refractivity contribution in [3.63, 3.8) is 0 Å². The summed E-state index contributed by atoms with van der Waals surface area (Å²) in [4.78, 5) is 23.4. The molecule has 1 saturated heterocycles. The first kappa shape index (κ1) is 19.1. The number of benzene rings is 1. The van der Waals surface area contributed by atoms with Crippen LogP contribution >= 0.6 is 0 Å². The van der Waals surface area contributed by atoms with Gasteiger partial charge in [-0.3, -0.25) is 4.79 Å². The summed E-state index contributed by atoms with van der Waals surface area (Å²) in [5, 5.41) is 3.03. The molecule has 0 bridgehead atoms. The van der Waals surface area contributed by atoms with Crippen LogP contribution in [0.3, 0.4) is 0 Å². The minimum Gasteiger partial charge on any atom is -0.489 e. The van der Waals surface area contributed by atoms with Gasteiger partial charge in [-0.1, -0.05) is 6.07 Å². The summed E-state index contributed by atoms with van der Waals surface area (Å²) in [6.07, 6.45) is 5.03. The smallest absolute Gasteiger partial charge is 0.227 e. The molecule has 0 spiro atoms. The number of aromatic nitrogens is 2. The van der Waals surface area contributed by atoms with Crippen molar-refractivity contribution < 1.29 is 14.3 Å². The number of methoxy groups -OCH3 is 1. The first-order valence-corrected chi connectivity index (χ1v) is 9.22. The summed E-state index contributed by atoms with van der Waals surface area (Å²) in [6.45, 7) is 4.48. The lowest BCUT2D eigenvalue weighted by molar-refractivity contribution is -0.120. The van der Waals surface area contributed by atoms with E-state index >= 15 is 0 Å². The van der Waals surface area contributed by atoms with Crippen LogP contribution in [0, 0.1) is 12.8 Å². The van der Waals surface area contributed by atoms with E-state index in [0.717, 1.165) is 37.4 Å². The highest BCUT2D eigenvalue weighted by Gasteiger charge is 2.26. The second-order valence-electron chi connectivity index (χ2n) is 6.64. The lowest BCUT2D eigenvalue weighted by Crippen LogP contribution is -2.39. The number of amides is 1. The highest BCUT2D eigenvalue weighted by molar-refractivity contribution is 5.94. The molecule has 2 aromatic rings. The van der Waals surface area contributed by atoms with Crippen LogP contribution in [0.5, 0.6) is 5.75 Å². The molecule has 1 aliphatic heterocycles. The highest BCUT2D eigenvalue weighted by atomic mass is 16.5. The maximum Gasteiger partial charge on any atom is 0.227 e. The highest BCUT2D eigenvalue weighted by Crippen LogP contribution is 2.28. The van der Waals surface area contributed by atoms with E-state index in [0.29, 0.717) is 24.7 Å². The lowest BCUT2D eigenvalue weighted by Gasteiger charge is -2.31. The molecule has 0 radical (unpaired) electrons. The third-order valence-corrected chi connectivity index (χ3v) is 4.64. The average Bonchev–Trinajstić information content (AvgIpc) is 2.71. The predicted octanol–water partition coefficient (Wildman–Crippen LogP) is 2.67. The van der Waals surface area contributed by atoms with Crippen LogP contribution in [-0.2, 0) is 9.53 Å². The number of nitrogens with zero attached hydrogens (tertiary/aromatic N) is 3. The normalized spacial score (nSPS) is 14.8. The second kappa shape index (κ2) is 9.32. The van der Waals surface area contributed by atoms with Gasteiger partial charge in [0.1, 0.15) is 12.4 Å². The van der Waals surface area contributed by atoms with Gasteiger partial charge in [0.05, 0.1) is 12.3 Å². The van der Waals surface area contributed by atoms with Gasteiger partial charge in [-0.05, 0) is 43.5 Å². The molecule has 144 valence electrons. The topological polar surface area (TPSA) is 76.6 Å². The minimum absolute atomic E-state index is 0.0295. The van der Waals surface area contributed by atoms with Gasteiger partial charge in [0.2, 0.25) is 11.9 Å². The Morgan fingerprint density at radius 2 is 1.96 bits per heavy atom. The number of hydrogen-bond acceptors (Lipinski definition) is 6. The van der Waals surface area contributed by atoms with Crippen molar-refractivity contribution in [1.82, 2.24) is 9.97 Å². The summed E-state index contributed by atoms with van der Waals surface area (Å²) in [6, 6.07) is 7.59. The van der Waals surface area contributed by atoms with Crippen molar-refractivity contribution in [1.29, 1.82) is 0 Å². The third kappa shape index (κ3) is 5.17. The summed E-state index contributed by atoms with van der Waals surface area (Å²) < 4.78 is 10.8. The van der Waals surface area contributed by atoms with E-state index in [9.17, 15) is 4.79 Å². The van der Waals surface area contributed by atoms with Crippen LogP contribution in [0.1, 0.15) is 18.4 Å². The SMILES string of the molecule is COCCOc1cc(C)ccc1NC(=O)C1CCN(c2ncccn2)CC1. The van der Waals surface area contributed by atoms with Crippen LogP contribution in [0.4, 0.5) is 11.6 Å². The van der Waals surface area contributed by atoms with Crippen molar-refractivity contribution in [2.45, 2.75) is 19.8 Å². The van der Waals surface area contributed by atoms with E-state index < -0.39 is 0 Å². The molecule has 1 amide bonds. The molecule has 1 fully saturated rings. The van der Waals surface area contributed by atoms with E-state index in [-0.39, 0.29) is 11.8 Å². The Morgan fingerprint density at radius 3 is 2.67 bits per heavy atom. The van der Waals surface area contributed by atoms with Crippen LogP contribution in [-0.4, -0.2) is 49.3 Å². The van der Waals surface area contributed by atoms with E-state index in [2.05, 4.69) is 20.2 Å². The van der Waals surface area contributed by atoms with Crippen molar-refractivity contribution in [2.75, 3.05) is 43.6 Å². The van der Waals surface area contributed by atoms with Crippen molar-refractivity contribution in [3.8, 4) is 5.75 Å². The van der Waals surface area contributed by atoms with E-state index in [1.807, 2.05) is 25.1 Å². The summed E-state index contributed by atoms with van der Waals surface area (Å²) >= 11 is 0. The zero-order valence-corrected chi connectivity index (χ0v) is 15.9. The molecular formula is C20H26N4O3. The average molecular weight is 370 g/mol. The van der Waals surface area contributed by atoms with Gasteiger partial charge in [0.25, 0.3) is 0 Å². The summed E-state index contributed by atoms with van der Waals surface area (Å²) in [7, 11) is 1.63. The second-order valence-corrected chi connectivity index (χ2v) is 6.64. The Balaban J connectivity index is 1.58. The molecule has 7 heteroatoms. The monoisotopic (exact) mass is 370 g/mol. The Kier molecular flexibility index (Phi) is 6.59. The number of anilines is 2. The Labute approximate surface area is 159 Å². The van der Waals surface area contributed by atoms with Crippen molar-refractivity contribution in [3.05, 3.63) is 42.2 Å². The zero-order valence-electron chi connectivity index (χ0n) is 15.9. The molecule has 7 nitrogen and oxygen atoms in total. The maximum atomic E-state index is 12.7. The van der Waals surface area contributed by atoms with Gasteiger partial charge >= 0.3 is 0 Å². The molecule has 27 heavy (non-hydrogen) atoms. The zero-order chi connectivity index (χ0) is 19.1. The third-order valence-electron chi connectivity index (χ3n) is 4.64. The van der Waals surface area contributed by atoms with Crippen molar-refractivity contribution >= 4 is 17.5 Å². The number of carbonyl (C=O) groups excluding carboxylic acids is 1. The van der Waals surface area contributed by atoms with E-state index in [1.165, 1.54) is 0 Å². The number of rotatable bonds is 7. The fourth-order valence-electron chi connectivity index (χ4n) is 3.12. The molecule has 1 aromatic heterocycles. The fraction of sp³-hybridized carbons (Fsp3) is 0.450. The van der Waals surface area contributed by atoms with Crippen LogP contribution in [0.25, 0.3) is 0 Å². The molecule has 2 heterocycles. The molecule has 1 aliphatic rings. The quantitative estimate of drug-likeness (QED) is 0.755. The summed E-state index contributed by atoms with van der Waals surface area (Å²) in [5.41, 5.74) is 1.78. The van der Waals surface area contributed by atoms with Crippen LogP contribution in [0.15, 0.2) is 36.7 Å². The molecule has 0 atom stereocenters. The molecule has 0 aliphatic carbocycles.